The van der Waals surface area contributed by atoms with Gasteiger partial charge in [-0.3, -0.25) is 4.79 Å². The molecule has 0 aliphatic carbocycles. The first-order valence-electron chi connectivity index (χ1n) is 6.06. The number of rotatable bonds is 4. The summed E-state index contributed by atoms with van der Waals surface area (Å²) in [6.45, 7) is 3.57. The van der Waals surface area contributed by atoms with Gasteiger partial charge in [0.2, 0.25) is 5.91 Å². The smallest absolute Gasteiger partial charge is 0.238 e. The van der Waals surface area contributed by atoms with Crippen molar-refractivity contribution in [2.45, 2.75) is 24.3 Å². The van der Waals surface area contributed by atoms with Gasteiger partial charge in [-0.25, -0.2) is 9.97 Å². The lowest BCUT2D eigenvalue weighted by Crippen LogP contribution is -2.22. The van der Waals surface area contributed by atoms with Gasteiger partial charge in [-0.05, 0) is 25.3 Å². The Labute approximate surface area is 130 Å². The fourth-order valence-corrected chi connectivity index (χ4v) is 3.11. The zero-order valence-electron chi connectivity index (χ0n) is 11.5. The number of thioether (sulfide) groups is 1. The number of nitrogens with one attached hydrogen (secondary N) is 1. The van der Waals surface area contributed by atoms with Crippen LogP contribution in [-0.2, 0) is 4.79 Å². The number of amides is 1. The van der Waals surface area contributed by atoms with Gasteiger partial charge >= 0.3 is 0 Å². The number of carbonyl (C=O) groups is 1. The topological polar surface area (TPSA) is 105 Å². The number of thiophene rings is 1. The molecule has 2 aromatic rings. The molecule has 0 saturated carbocycles. The van der Waals surface area contributed by atoms with E-state index in [0.717, 1.165) is 5.69 Å². The quantitative estimate of drug-likeness (QED) is 0.662. The summed E-state index contributed by atoms with van der Waals surface area (Å²) in [5, 5.41) is 14.0. The number of nitrogen functional groups attached to an aromatic ring is 1. The first-order valence-corrected chi connectivity index (χ1v) is 7.82. The molecule has 21 heavy (non-hydrogen) atoms. The van der Waals surface area contributed by atoms with E-state index in [4.69, 9.17) is 11.0 Å². The highest BCUT2D eigenvalue weighted by atomic mass is 32.2. The maximum Gasteiger partial charge on any atom is 0.238 e. The van der Waals surface area contributed by atoms with Crippen LogP contribution in [0.25, 0.3) is 0 Å². The Hall–Kier alpha value is -2.11. The number of nitrogens with zero attached hydrogens (tertiary/aromatic N) is 3. The standard InChI is InChI=1S/C13H13N5OS2/c1-7-5-10(15)17-13(16-7)21-8(2)11(19)18-12-9(6-14)3-4-20-12/h3-5,8H,1-2H3,(H,18,19)(H2,15,16,17)/t8-/m1/s1. The second-order valence-corrected chi connectivity index (χ2v) is 6.47. The fourth-order valence-electron chi connectivity index (χ4n) is 1.54. The number of hydrogen-bond donors (Lipinski definition) is 2. The van der Waals surface area contributed by atoms with Crippen molar-refractivity contribution in [2.75, 3.05) is 11.1 Å². The van der Waals surface area contributed by atoms with Crippen LogP contribution in [-0.4, -0.2) is 21.1 Å². The van der Waals surface area contributed by atoms with Crippen LogP contribution in [0.4, 0.5) is 10.8 Å². The average Bonchev–Trinajstić information content (AvgIpc) is 2.84. The minimum atomic E-state index is -0.403. The van der Waals surface area contributed by atoms with Crippen LogP contribution in [0.3, 0.4) is 0 Å². The molecule has 1 amide bonds. The lowest BCUT2D eigenvalue weighted by Gasteiger charge is -2.10. The molecule has 0 unspecified atom stereocenters. The summed E-state index contributed by atoms with van der Waals surface area (Å²) in [6.07, 6.45) is 0. The molecule has 0 saturated heterocycles. The summed E-state index contributed by atoms with van der Waals surface area (Å²) in [5.74, 6) is 0.172. The molecular weight excluding hydrogens is 306 g/mol. The van der Waals surface area contributed by atoms with Gasteiger partial charge in [-0.15, -0.1) is 11.3 Å². The van der Waals surface area contributed by atoms with Gasteiger partial charge in [-0.2, -0.15) is 5.26 Å². The lowest BCUT2D eigenvalue weighted by molar-refractivity contribution is -0.115. The Kier molecular flexibility index (Phi) is 4.77. The first-order chi connectivity index (χ1) is 9.99. The van der Waals surface area contributed by atoms with Crippen molar-refractivity contribution < 1.29 is 4.79 Å². The van der Waals surface area contributed by atoms with Crippen molar-refractivity contribution in [1.29, 1.82) is 5.26 Å². The van der Waals surface area contributed by atoms with Crippen LogP contribution in [0.5, 0.6) is 0 Å². The molecule has 2 heterocycles. The van der Waals surface area contributed by atoms with Gasteiger partial charge in [0.05, 0.1) is 10.8 Å². The van der Waals surface area contributed by atoms with E-state index in [1.54, 1.807) is 24.4 Å². The van der Waals surface area contributed by atoms with Crippen LogP contribution >= 0.6 is 23.1 Å². The van der Waals surface area contributed by atoms with Crippen molar-refractivity contribution in [3.05, 3.63) is 28.8 Å². The van der Waals surface area contributed by atoms with Gasteiger partial charge < -0.3 is 11.1 Å². The van der Waals surface area contributed by atoms with E-state index in [2.05, 4.69) is 15.3 Å². The molecule has 0 bridgehead atoms. The van der Waals surface area contributed by atoms with Crippen LogP contribution in [0.15, 0.2) is 22.7 Å². The van der Waals surface area contributed by atoms with E-state index in [-0.39, 0.29) is 5.91 Å². The Bertz CT molecular complexity index is 687. The number of aromatic nitrogens is 2. The van der Waals surface area contributed by atoms with Crippen LogP contribution < -0.4 is 11.1 Å². The molecule has 6 nitrogen and oxygen atoms in total. The highest BCUT2D eigenvalue weighted by Crippen LogP contribution is 2.25. The zero-order chi connectivity index (χ0) is 15.4. The second kappa shape index (κ2) is 6.56. The fraction of sp³-hybridized carbons (Fsp3) is 0.231. The monoisotopic (exact) mass is 319 g/mol. The van der Waals surface area contributed by atoms with E-state index in [0.29, 0.717) is 21.5 Å². The summed E-state index contributed by atoms with van der Waals surface area (Å²) >= 11 is 2.54. The van der Waals surface area contributed by atoms with Gasteiger partial charge in [-0.1, -0.05) is 11.8 Å². The highest BCUT2D eigenvalue weighted by molar-refractivity contribution is 8.00. The molecule has 0 aromatic carbocycles. The maximum absolute atomic E-state index is 12.1. The summed E-state index contributed by atoms with van der Waals surface area (Å²) in [5.41, 5.74) is 6.87. The number of hydrogen-bond acceptors (Lipinski definition) is 7. The third kappa shape index (κ3) is 3.93. The van der Waals surface area contributed by atoms with E-state index in [1.165, 1.54) is 23.1 Å². The summed E-state index contributed by atoms with van der Waals surface area (Å²) in [7, 11) is 0. The average molecular weight is 319 g/mol. The van der Waals surface area contributed by atoms with Crippen molar-refractivity contribution in [1.82, 2.24) is 9.97 Å². The van der Waals surface area contributed by atoms with Gasteiger partial charge in [0.1, 0.15) is 16.9 Å². The molecule has 108 valence electrons. The first kappa shape index (κ1) is 15.3. The summed E-state index contributed by atoms with van der Waals surface area (Å²) in [4.78, 5) is 20.4. The molecule has 0 fully saturated rings. The maximum atomic E-state index is 12.1. The second-order valence-electron chi connectivity index (χ2n) is 4.24. The number of nitriles is 1. The zero-order valence-corrected chi connectivity index (χ0v) is 13.1. The lowest BCUT2D eigenvalue weighted by atomic mass is 10.3. The molecule has 0 aliphatic heterocycles. The van der Waals surface area contributed by atoms with Crippen LogP contribution in [0.1, 0.15) is 18.2 Å². The predicted molar refractivity (Wildman–Crippen MR) is 84.2 cm³/mol. The van der Waals surface area contributed by atoms with E-state index < -0.39 is 5.25 Å². The number of carbonyl (C=O) groups excluding carboxylic acids is 1. The molecule has 3 N–H and O–H groups in total. The molecule has 1 atom stereocenters. The normalized spacial score (nSPS) is 11.7. The molecule has 2 aromatic heterocycles. The summed E-state index contributed by atoms with van der Waals surface area (Å²) in [6, 6.07) is 5.37. The van der Waals surface area contributed by atoms with Gasteiger partial charge in [0.25, 0.3) is 0 Å². The predicted octanol–water partition coefficient (Wildman–Crippen LogP) is 2.42. The SMILES string of the molecule is Cc1cc(N)nc(S[C@H](C)C(=O)Nc2sccc2C#N)n1. The van der Waals surface area contributed by atoms with E-state index in [9.17, 15) is 4.79 Å². The molecule has 0 spiro atoms. The molecule has 8 heteroatoms. The Morgan fingerprint density at radius 1 is 1.57 bits per heavy atom. The van der Waals surface area contributed by atoms with E-state index in [1.807, 2.05) is 13.0 Å². The van der Waals surface area contributed by atoms with Crippen LogP contribution in [0, 0.1) is 18.3 Å². The molecular formula is C13H13N5OS2. The van der Waals surface area contributed by atoms with Crippen molar-refractivity contribution in [3.8, 4) is 6.07 Å². The van der Waals surface area contributed by atoms with Gasteiger partial charge in [0.15, 0.2) is 5.16 Å². The van der Waals surface area contributed by atoms with Gasteiger partial charge in [0, 0.05) is 11.8 Å². The number of anilines is 2. The third-order valence-electron chi connectivity index (χ3n) is 2.53. The van der Waals surface area contributed by atoms with Crippen LogP contribution in [0.2, 0.25) is 0 Å². The number of nitrogens with two attached hydrogens (primary N) is 1. The Morgan fingerprint density at radius 3 is 3.00 bits per heavy atom. The number of aryl methyl sites for hydroxylation is 1. The van der Waals surface area contributed by atoms with Crippen molar-refractivity contribution >= 4 is 39.8 Å². The summed E-state index contributed by atoms with van der Waals surface area (Å²) < 4.78 is 0. The molecule has 0 radical (unpaired) electrons. The highest BCUT2D eigenvalue weighted by Gasteiger charge is 2.18. The Morgan fingerprint density at radius 2 is 2.33 bits per heavy atom. The molecule has 0 aliphatic rings. The van der Waals surface area contributed by atoms with E-state index >= 15 is 0 Å². The van der Waals surface area contributed by atoms with Crippen molar-refractivity contribution in [3.63, 3.8) is 0 Å². The minimum absolute atomic E-state index is 0.206. The third-order valence-corrected chi connectivity index (χ3v) is 4.32. The van der Waals surface area contributed by atoms with Crippen molar-refractivity contribution in [2.24, 2.45) is 0 Å². The minimum Gasteiger partial charge on any atom is -0.384 e. The largest absolute Gasteiger partial charge is 0.384 e. The Balaban J connectivity index is 2.04. The molecule has 2 rings (SSSR count).